The van der Waals surface area contributed by atoms with Crippen LogP contribution in [0.1, 0.15) is 11.1 Å². The molecule has 0 aliphatic carbocycles. The molecule has 3 aromatic rings. The molecular formula is C19H15N. The van der Waals surface area contributed by atoms with Gasteiger partial charge in [-0.3, -0.25) is 0 Å². The van der Waals surface area contributed by atoms with E-state index in [0.717, 1.165) is 17.8 Å². The molecule has 0 amide bonds. The van der Waals surface area contributed by atoms with E-state index in [1.54, 1.807) is 0 Å². The van der Waals surface area contributed by atoms with Crippen molar-refractivity contribution in [3.63, 3.8) is 0 Å². The normalized spacial score (nSPS) is 10.2. The van der Waals surface area contributed by atoms with Crippen LogP contribution in [0.5, 0.6) is 0 Å². The number of benzene rings is 3. The summed E-state index contributed by atoms with van der Waals surface area (Å²) in [7, 11) is 0. The summed E-state index contributed by atoms with van der Waals surface area (Å²) in [5, 5.41) is 5.99. The molecule has 96 valence electrons. The van der Waals surface area contributed by atoms with Gasteiger partial charge in [-0.05, 0) is 34.5 Å². The molecule has 3 rings (SSSR count). The maximum atomic E-state index is 5.42. The van der Waals surface area contributed by atoms with Crippen molar-refractivity contribution >= 4 is 16.5 Å². The lowest BCUT2D eigenvalue weighted by molar-refractivity contribution is 1.17. The molecule has 0 saturated carbocycles. The van der Waals surface area contributed by atoms with Crippen LogP contribution < -0.4 is 5.32 Å². The summed E-state index contributed by atoms with van der Waals surface area (Å²) in [5.41, 5.74) is 3.23. The van der Waals surface area contributed by atoms with Crippen molar-refractivity contribution in [1.29, 1.82) is 0 Å². The second-order valence-electron chi connectivity index (χ2n) is 4.72. The smallest absolute Gasteiger partial charge is 0.0406 e. The molecule has 0 unspecified atom stereocenters. The van der Waals surface area contributed by atoms with Crippen LogP contribution in [0.25, 0.3) is 10.8 Å². The fourth-order valence-electron chi connectivity index (χ4n) is 2.36. The molecule has 0 aromatic heterocycles. The van der Waals surface area contributed by atoms with Gasteiger partial charge in [-0.1, -0.05) is 54.5 Å². The van der Waals surface area contributed by atoms with Crippen LogP contribution in [-0.2, 0) is 6.54 Å². The first kappa shape index (κ1) is 12.3. The molecule has 1 nitrogen and oxygen atoms in total. The molecule has 1 N–H and O–H groups in total. The van der Waals surface area contributed by atoms with E-state index in [1.165, 1.54) is 16.3 Å². The molecule has 0 atom stereocenters. The molecule has 1 heteroatoms. The average Bonchev–Trinajstić information content (AvgIpc) is 2.53. The van der Waals surface area contributed by atoms with E-state index in [-0.39, 0.29) is 0 Å². The molecule has 20 heavy (non-hydrogen) atoms. The maximum absolute atomic E-state index is 5.42. The molecule has 0 saturated heterocycles. The first-order valence-corrected chi connectivity index (χ1v) is 6.64. The summed E-state index contributed by atoms with van der Waals surface area (Å²) in [6.45, 7) is 0.787. The predicted octanol–water partition coefficient (Wildman–Crippen LogP) is 4.43. The lowest BCUT2D eigenvalue weighted by Gasteiger charge is -2.09. The maximum Gasteiger partial charge on any atom is 0.0406 e. The molecule has 0 bridgehead atoms. The average molecular weight is 257 g/mol. The van der Waals surface area contributed by atoms with Crippen LogP contribution in [0.4, 0.5) is 5.69 Å². The minimum absolute atomic E-state index is 0.787. The summed E-state index contributed by atoms with van der Waals surface area (Å²) in [5.74, 6) is 2.66. The van der Waals surface area contributed by atoms with Gasteiger partial charge in [0.05, 0.1) is 0 Å². The van der Waals surface area contributed by atoms with Crippen molar-refractivity contribution in [1.82, 2.24) is 0 Å². The number of terminal acetylenes is 1. The van der Waals surface area contributed by atoms with E-state index >= 15 is 0 Å². The molecule has 0 aliphatic rings. The van der Waals surface area contributed by atoms with Crippen LogP contribution >= 0.6 is 0 Å². The predicted molar refractivity (Wildman–Crippen MR) is 85.7 cm³/mol. The zero-order chi connectivity index (χ0) is 13.8. The van der Waals surface area contributed by atoms with Gasteiger partial charge in [-0.2, -0.15) is 0 Å². The Morgan fingerprint density at radius 1 is 0.900 bits per heavy atom. The van der Waals surface area contributed by atoms with E-state index in [1.807, 2.05) is 24.3 Å². The number of nitrogens with one attached hydrogen (secondary N) is 1. The zero-order valence-corrected chi connectivity index (χ0v) is 11.1. The highest BCUT2D eigenvalue weighted by Gasteiger charge is 2.00. The number of hydrogen-bond acceptors (Lipinski definition) is 1. The monoisotopic (exact) mass is 257 g/mol. The molecular weight excluding hydrogens is 242 g/mol. The lowest BCUT2D eigenvalue weighted by Crippen LogP contribution is -2.00. The summed E-state index contributed by atoms with van der Waals surface area (Å²) in [6, 6.07) is 22.7. The Kier molecular flexibility index (Phi) is 3.39. The largest absolute Gasteiger partial charge is 0.381 e. The Labute approximate surface area is 119 Å². The van der Waals surface area contributed by atoms with Crippen molar-refractivity contribution in [2.75, 3.05) is 5.32 Å². The first-order valence-electron chi connectivity index (χ1n) is 6.64. The molecule has 0 fully saturated rings. The third-order valence-corrected chi connectivity index (χ3v) is 3.39. The number of rotatable bonds is 3. The molecule has 0 aliphatic heterocycles. The summed E-state index contributed by atoms with van der Waals surface area (Å²) >= 11 is 0. The van der Waals surface area contributed by atoms with Crippen LogP contribution in [-0.4, -0.2) is 0 Å². The minimum atomic E-state index is 0.787. The van der Waals surface area contributed by atoms with Gasteiger partial charge in [0.15, 0.2) is 0 Å². The number of hydrogen-bond donors (Lipinski definition) is 1. The standard InChI is InChI=1S/C19H15N/c1-2-15-7-5-11-18(13-15)20-14-17-10-6-9-16-8-3-4-12-19(16)17/h1,3-13,20H,14H2. The third kappa shape index (κ3) is 2.50. The van der Waals surface area contributed by atoms with E-state index in [2.05, 4.69) is 53.7 Å². The van der Waals surface area contributed by atoms with Crippen LogP contribution in [0.2, 0.25) is 0 Å². The van der Waals surface area contributed by atoms with E-state index in [4.69, 9.17) is 6.42 Å². The zero-order valence-electron chi connectivity index (χ0n) is 11.1. The summed E-state index contributed by atoms with van der Waals surface area (Å²) < 4.78 is 0. The topological polar surface area (TPSA) is 12.0 Å². The Hall–Kier alpha value is -2.72. The Morgan fingerprint density at radius 3 is 2.60 bits per heavy atom. The van der Waals surface area contributed by atoms with Crippen LogP contribution in [0.15, 0.2) is 66.7 Å². The molecule has 0 radical (unpaired) electrons. The summed E-state index contributed by atoms with van der Waals surface area (Å²) in [4.78, 5) is 0. The summed E-state index contributed by atoms with van der Waals surface area (Å²) in [6.07, 6.45) is 5.42. The Balaban J connectivity index is 1.85. The second kappa shape index (κ2) is 5.50. The van der Waals surface area contributed by atoms with Crippen molar-refractivity contribution < 1.29 is 0 Å². The first-order chi connectivity index (χ1) is 9.86. The van der Waals surface area contributed by atoms with Gasteiger partial charge in [-0.15, -0.1) is 6.42 Å². The van der Waals surface area contributed by atoms with Crippen molar-refractivity contribution in [2.24, 2.45) is 0 Å². The highest BCUT2D eigenvalue weighted by Crippen LogP contribution is 2.20. The Morgan fingerprint density at radius 2 is 1.70 bits per heavy atom. The van der Waals surface area contributed by atoms with Crippen molar-refractivity contribution in [3.05, 3.63) is 77.9 Å². The van der Waals surface area contributed by atoms with Crippen molar-refractivity contribution in [3.8, 4) is 12.3 Å². The molecule has 0 spiro atoms. The molecule has 3 aromatic carbocycles. The van der Waals surface area contributed by atoms with Crippen LogP contribution in [0.3, 0.4) is 0 Å². The van der Waals surface area contributed by atoms with Gasteiger partial charge >= 0.3 is 0 Å². The van der Waals surface area contributed by atoms with Gasteiger partial charge in [0.25, 0.3) is 0 Å². The highest BCUT2D eigenvalue weighted by molar-refractivity contribution is 5.85. The van der Waals surface area contributed by atoms with Gasteiger partial charge < -0.3 is 5.32 Å². The van der Waals surface area contributed by atoms with E-state index in [9.17, 15) is 0 Å². The minimum Gasteiger partial charge on any atom is -0.381 e. The Bertz CT molecular complexity index is 776. The third-order valence-electron chi connectivity index (χ3n) is 3.39. The van der Waals surface area contributed by atoms with Gasteiger partial charge in [0, 0.05) is 17.8 Å². The van der Waals surface area contributed by atoms with E-state index in [0.29, 0.717) is 0 Å². The molecule has 0 heterocycles. The van der Waals surface area contributed by atoms with Crippen molar-refractivity contribution in [2.45, 2.75) is 6.54 Å². The second-order valence-corrected chi connectivity index (χ2v) is 4.72. The quantitative estimate of drug-likeness (QED) is 0.684. The SMILES string of the molecule is C#Cc1cccc(NCc2cccc3ccccc23)c1. The van der Waals surface area contributed by atoms with Crippen LogP contribution in [0, 0.1) is 12.3 Å². The van der Waals surface area contributed by atoms with E-state index < -0.39 is 0 Å². The number of fused-ring (bicyclic) bond motifs is 1. The fourth-order valence-corrected chi connectivity index (χ4v) is 2.36. The van der Waals surface area contributed by atoms with Gasteiger partial charge in [0.1, 0.15) is 0 Å². The fraction of sp³-hybridized carbons (Fsp3) is 0.0526. The van der Waals surface area contributed by atoms with Gasteiger partial charge in [-0.25, -0.2) is 0 Å². The lowest BCUT2D eigenvalue weighted by atomic mass is 10.0. The van der Waals surface area contributed by atoms with Gasteiger partial charge in [0.2, 0.25) is 0 Å². The highest BCUT2D eigenvalue weighted by atomic mass is 14.9. The number of anilines is 1.